The van der Waals surface area contributed by atoms with Gasteiger partial charge in [0, 0.05) is 5.56 Å². The smallest absolute Gasteiger partial charge is 0.262 e. The molecule has 0 aliphatic carbocycles. The van der Waals surface area contributed by atoms with Gasteiger partial charge in [-0.05, 0) is 43.5 Å². The molecule has 66 valence electrons. The van der Waals surface area contributed by atoms with E-state index in [1.807, 2.05) is 26.8 Å². The van der Waals surface area contributed by atoms with Crippen LogP contribution in [0.2, 0.25) is 0 Å². The molecule has 0 heterocycles. The SMILES string of the molecule is Cc1cc(C)c(C(=O)C#N)cc1C. The zero-order valence-electron chi connectivity index (χ0n) is 8.01. The summed E-state index contributed by atoms with van der Waals surface area (Å²) in [6, 6.07) is 5.33. The van der Waals surface area contributed by atoms with Gasteiger partial charge in [-0.25, -0.2) is 0 Å². The van der Waals surface area contributed by atoms with E-state index in [4.69, 9.17) is 5.26 Å². The summed E-state index contributed by atoms with van der Waals surface area (Å²) in [5.41, 5.74) is 3.58. The molecule has 1 aromatic rings. The fourth-order valence-corrected chi connectivity index (χ4v) is 1.27. The molecule has 0 saturated heterocycles. The molecule has 0 aliphatic rings. The van der Waals surface area contributed by atoms with E-state index < -0.39 is 5.78 Å². The van der Waals surface area contributed by atoms with Crippen LogP contribution in [0.25, 0.3) is 0 Å². The molecular formula is C11H11NO. The van der Waals surface area contributed by atoms with Crippen molar-refractivity contribution >= 4 is 5.78 Å². The van der Waals surface area contributed by atoms with Crippen molar-refractivity contribution in [2.45, 2.75) is 20.8 Å². The molecule has 0 fully saturated rings. The topological polar surface area (TPSA) is 40.9 Å². The third-order valence-electron chi connectivity index (χ3n) is 2.19. The van der Waals surface area contributed by atoms with Crippen LogP contribution in [-0.2, 0) is 0 Å². The highest BCUT2D eigenvalue weighted by molar-refractivity contribution is 6.08. The zero-order valence-corrected chi connectivity index (χ0v) is 8.01. The maximum absolute atomic E-state index is 11.1. The van der Waals surface area contributed by atoms with Crippen molar-refractivity contribution in [1.82, 2.24) is 0 Å². The van der Waals surface area contributed by atoms with Crippen LogP contribution in [-0.4, -0.2) is 5.78 Å². The molecule has 1 aromatic carbocycles. The van der Waals surface area contributed by atoms with Crippen LogP contribution in [0, 0.1) is 32.1 Å². The summed E-state index contributed by atoms with van der Waals surface area (Å²) in [7, 11) is 0. The number of ketones is 1. The maximum atomic E-state index is 11.1. The van der Waals surface area contributed by atoms with E-state index in [0.717, 1.165) is 16.7 Å². The number of rotatable bonds is 1. The Bertz CT molecular complexity index is 399. The lowest BCUT2D eigenvalue weighted by Crippen LogP contribution is -1.99. The summed E-state index contributed by atoms with van der Waals surface area (Å²) in [5, 5.41) is 8.47. The Morgan fingerprint density at radius 1 is 1.15 bits per heavy atom. The van der Waals surface area contributed by atoms with Gasteiger partial charge in [0.15, 0.2) is 0 Å². The van der Waals surface area contributed by atoms with E-state index in [0.29, 0.717) is 5.56 Å². The largest absolute Gasteiger partial charge is 0.277 e. The summed E-state index contributed by atoms with van der Waals surface area (Å²) >= 11 is 0. The van der Waals surface area contributed by atoms with Gasteiger partial charge in [0.1, 0.15) is 6.07 Å². The molecule has 0 unspecified atom stereocenters. The Balaban J connectivity index is 3.33. The first-order chi connectivity index (χ1) is 6.06. The molecule has 1 rings (SSSR count). The number of aryl methyl sites for hydroxylation is 3. The van der Waals surface area contributed by atoms with E-state index >= 15 is 0 Å². The fourth-order valence-electron chi connectivity index (χ4n) is 1.27. The first kappa shape index (κ1) is 9.47. The molecule has 0 saturated carbocycles. The second-order valence-electron chi connectivity index (χ2n) is 3.19. The second-order valence-corrected chi connectivity index (χ2v) is 3.19. The van der Waals surface area contributed by atoms with Crippen LogP contribution in [0.15, 0.2) is 12.1 Å². The van der Waals surface area contributed by atoms with Gasteiger partial charge in [-0.15, -0.1) is 0 Å². The van der Waals surface area contributed by atoms with Gasteiger partial charge >= 0.3 is 0 Å². The van der Waals surface area contributed by atoms with Crippen molar-refractivity contribution in [3.05, 3.63) is 34.4 Å². The van der Waals surface area contributed by atoms with Gasteiger partial charge in [-0.1, -0.05) is 6.07 Å². The molecule has 0 atom stereocenters. The number of benzene rings is 1. The van der Waals surface area contributed by atoms with Crippen LogP contribution in [0.5, 0.6) is 0 Å². The van der Waals surface area contributed by atoms with E-state index in [9.17, 15) is 4.79 Å². The number of hydrogen-bond donors (Lipinski definition) is 0. The molecular weight excluding hydrogens is 162 g/mol. The summed E-state index contributed by atoms with van der Waals surface area (Å²) in [6.45, 7) is 5.77. The summed E-state index contributed by atoms with van der Waals surface area (Å²) in [4.78, 5) is 11.1. The molecule has 0 bridgehead atoms. The fraction of sp³-hybridized carbons (Fsp3) is 0.273. The predicted molar refractivity (Wildman–Crippen MR) is 50.6 cm³/mol. The summed E-state index contributed by atoms with van der Waals surface area (Å²) in [6.07, 6.45) is 0. The standard InChI is InChI=1S/C11H11NO/c1-7-4-9(3)10(5-8(7)2)11(13)6-12/h4-5H,1-3H3. The third kappa shape index (κ3) is 1.75. The van der Waals surface area contributed by atoms with E-state index in [2.05, 4.69) is 0 Å². The number of hydrogen-bond acceptors (Lipinski definition) is 2. The molecule has 0 amide bonds. The van der Waals surface area contributed by atoms with Crippen LogP contribution in [0.4, 0.5) is 0 Å². The Kier molecular flexibility index (Phi) is 2.48. The average molecular weight is 173 g/mol. The van der Waals surface area contributed by atoms with Crippen molar-refractivity contribution in [3.8, 4) is 6.07 Å². The van der Waals surface area contributed by atoms with Crippen LogP contribution in [0.3, 0.4) is 0 Å². The van der Waals surface area contributed by atoms with Gasteiger partial charge in [-0.3, -0.25) is 4.79 Å². The first-order valence-electron chi connectivity index (χ1n) is 4.08. The molecule has 0 spiro atoms. The van der Waals surface area contributed by atoms with Crippen molar-refractivity contribution < 1.29 is 4.79 Å². The molecule has 13 heavy (non-hydrogen) atoms. The Morgan fingerprint density at radius 3 is 2.23 bits per heavy atom. The number of carbonyl (C=O) groups excluding carboxylic acids is 1. The van der Waals surface area contributed by atoms with Gasteiger partial charge in [0.25, 0.3) is 5.78 Å². The monoisotopic (exact) mass is 173 g/mol. The predicted octanol–water partition coefficient (Wildman–Crippen LogP) is 2.32. The lowest BCUT2D eigenvalue weighted by molar-refractivity contribution is 0.105. The van der Waals surface area contributed by atoms with Crippen molar-refractivity contribution in [3.63, 3.8) is 0 Å². The first-order valence-corrected chi connectivity index (χ1v) is 4.08. The normalized spacial score (nSPS) is 9.38. The Hall–Kier alpha value is -1.62. The quantitative estimate of drug-likeness (QED) is 0.483. The lowest BCUT2D eigenvalue weighted by atomic mass is 9.99. The molecule has 0 aromatic heterocycles. The highest BCUT2D eigenvalue weighted by Gasteiger charge is 2.08. The molecule has 2 heteroatoms. The minimum absolute atomic E-state index is 0.458. The van der Waals surface area contributed by atoms with Crippen LogP contribution in [0.1, 0.15) is 27.0 Å². The minimum Gasteiger partial charge on any atom is -0.277 e. The van der Waals surface area contributed by atoms with Crippen molar-refractivity contribution in [1.29, 1.82) is 5.26 Å². The molecule has 0 radical (unpaired) electrons. The van der Waals surface area contributed by atoms with Crippen LogP contribution < -0.4 is 0 Å². The second kappa shape index (κ2) is 3.40. The van der Waals surface area contributed by atoms with E-state index in [1.165, 1.54) is 0 Å². The van der Waals surface area contributed by atoms with Crippen LogP contribution >= 0.6 is 0 Å². The summed E-state index contributed by atoms with van der Waals surface area (Å²) in [5.74, 6) is -0.458. The lowest BCUT2D eigenvalue weighted by Gasteiger charge is -2.05. The minimum atomic E-state index is -0.458. The molecule has 2 nitrogen and oxygen atoms in total. The highest BCUT2D eigenvalue weighted by Crippen LogP contribution is 2.15. The zero-order chi connectivity index (χ0) is 10.0. The average Bonchev–Trinajstić information content (AvgIpc) is 2.10. The van der Waals surface area contributed by atoms with Crippen molar-refractivity contribution in [2.75, 3.05) is 0 Å². The summed E-state index contributed by atoms with van der Waals surface area (Å²) < 4.78 is 0. The third-order valence-corrected chi connectivity index (χ3v) is 2.19. The molecule has 0 aliphatic heterocycles. The van der Waals surface area contributed by atoms with Crippen molar-refractivity contribution in [2.24, 2.45) is 0 Å². The van der Waals surface area contributed by atoms with Gasteiger partial charge in [0.2, 0.25) is 0 Å². The Morgan fingerprint density at radius 2 is 1.69 bits per heavy atom. The maximum Gasteiger partial charge on any atom is 0.262 e. The van der Waals surface area contributed by atoms with Gasteiger partial charge in [0.05, 0.1) is 0 Å². The van der Waals surface area contributed by atoms with Gasteiger partial charge < -0.3 is 0 Å². The highest BCUT2D eigenvalue weighted by atomic mass is 16.1. The number of nitrogens with zero attached hydrogens (tertiary/aromatic N) is 1. The van der Waals surface area contributed by atoms with Gasteiger partial charge in [-0.2, -0.15) is 5.26 Å². The molecule has 0 N–H and O–H groups in total. The number of Topliss-reactive ketones (excluding diaryl/α,β-unsaturated/α-hetero) is 1. The number of carbonyl (C=O) groups is 1. The van der Waals surface area contributed by atoms with E-state index in [-0.39, 0.29) is 0 Å². The Labute approximate surface area is 77.8 Å². The number of nitriles is 1. The van der Waals surface area contributed by atoms with E-state index in [1.54, 1.807) is 12.1 Å².